The molecule has 150 valence electrons. The van der Waals surface area contributed by atoms with Gasteiger partial charge < -0.3 is 24.4 Å². The minimum Gasteiger partial charge on any atom is -0.508 e. The zero-order valence-corrected chi connectivity index (χ0v) is 16.8. The van der Waals surface area contributed by atoms with Crippen molar-refractivity contribution < 1.29 is 24.2 Å². The molecular weight excluding hydrogens is 348 g/mol. The number of amides is 2. The van der Waals surface area contributed by atoms with Crippen LogP contribution in [0.1, 0.15) is 39.2 Å². The van der Waals surface area contributed by atoms with Crippen LogP contribution in [0, 0.1) is 0 Å². The Kier molecular flexibility index (Phi) is 6.57. The van der Waals surface area contributed by atoms with Crippen molar-refractivity contribution in [2.45, 2.75) is 51.7 Å². The van der Waals surface area contributed by atoms with Gasteiger partial charge in [0.05, 0.1) is 19.6 Å². The Balaban J connectivity index is 2.02. The maximum Gasteiger partial charge on any atom is 0.410 e. The fourth-order valence-electron chi connectivity index (χ4n) is 3.16. The summed E-state index contributed by atoms with van der Waals surface area (Å²) in [5.74, 6) is 0.613. The van der Waals surface area contributed by atoms with E-state index in [1.54, 1.807) is 29.0 Å². The highest BCUT2D eigenvalue weighted by molar-refractivity contribution is 5.80. The average Bonchev–Trinajstić information content (AvgIpc) is 2.60. The van der Waals surface area contributed by atoms with Crippen molar-refractivity contribution >= 4 is 12.0 Å². The average molecular weight is 378 g/mol. The Morgan fingerprint density at radius 1 is 1.33 bits per heavy atom. The number of nitrogens with zero attached hydrogens (tertiary/aromatic N) is 2. The first-order chi connectivity index (χ1) is 12.6. The third-order valence-electron chi connectivity index (χ3n) is 4.58. The van der Waals surface area contributed by atoms with Crippen molar-refractivity contribution in [1.82, 2.24) is 9.80 Å². The van der Waals surface area contributed by atoms with Crippen molar-refractivity contribution in [3.8, 4) is 11.5 Å². The van der Waals surface area contributed by atoms with Crippen LogP contribution in [-0.2, 0) is 16.0 Å². The van der Waals surface area contributed by atoms with E-state index in [0.717, 1.165) is 12.8 Å². The molecular formula is C20H30N2O5. The lowest BCUT2D eigenvalue weighted by Crippen LogP contribution is -2.51. The number of rotatable bonds is 4. The monoisotopic (exact) mass is 378 g/mol. The van der Waals surface area contributed by atoms with Crippen LogP contribution < -0.4 is 4.74 Å². The van der Waals surface area contributed by atoms with Gasteiger partial charge in [0.25, 0.3) is 0 Å². The summed E-state index contributed by atoms with van der Waals surface area (Å²) >= 11 is 0. The summed E-state index contributed by atoms with van der Waals surface area (Å²) in [4.78, 5) is 28.4. The molecule has 1 aromatic rings. The van der Waals surface area contributed by atoms with Crippen LogP contribution in [0.3, 0.4) is 0 Å². The molecule has 0 aromatic heterocycles. The van der Waals surface area contributed by atoms with E-state index in [2.05, 4.69) is 0 Å². The number of benzene rings is 1. The van der Waals surface area contributed by atoms with E-state index in [0.29, 0.717) is 24.4 Å². The summed E-state index contributed by atoms with van der Waals surface area (Å²) in [6.45, 7) is 6.61. The molecule has 1 atom stereocenters. The van der Waals surface area contributed by atoms with Crippen LogP contribution in [0.5, 0.6) is 11.5 Å². The number of carbonyl (C=O) groups excluding carboxylic acids is 2. The summed E-state index contributed by atoms with van der Waals surface area (Å²) in [5, 5.41) is 9.69. The maximum atomic E-state index is 12.8. The number of methoxy groups -OCH3 is 1. The fraction of sp³-hybridized carbons (Fsp3) is 0.600. The van der Waals surface area contributed by atoms with E-state index in [9.17, 15) is 14.7 Å². The van der Waals surface area contributed by atoms with Gasteiger partial charge in [-0.2, -0.15) is 0 Å². The standard InChI is InChI=1S/C20H30N2O5/c1-20(2,3)27-19(25)21(4)15-7-6-10-22(13-15)18(24)12-14-11-16(23)8-9-17(14)26-5/h8-9,11,15,23H,6-7,10,12-13H2,1-5H3/t15-/m0/s1. The normalized spacial score (nSPS) is 17.4. The molecule has 1 aliphatic heterocycles. The van der Waals surface area contributed by atoms with Gasteiger partial charge >= 0.3 is 6.09 Å². The van der Waals surface area contributed by atoms with Crippen LogP contribution in [-0.4, -0.2) is 65.8 Å². The predicted molar refractivity (Wildman–Crippen MR) is 102 cm³/mol. The minimum absolute atomic E-state index is 0.0545. The second kappa shape index (κ2) is 8.50. The third-order valence-corrected chi connectivity index (χ3v) is 4.58. The molecule has 1 saturated heterocycles. The topological polar surface area (TPSA) is 79.3 Å². The lowest BCUT2D eigenvalue weighted by atomic mass is 10.0. The van der Waals surface area contributed by atoms with Gasteiger partial charge in [-0.25, -0.2) is 4.79 Å². The van der Waals surface area contributed by atoms with E-state index >= 15 is 0 Å². The summed E-state index contributed by atoms with van der Waals surface area (Å²) in [5.41, 5.74) is 0.0894. The molecule has 7 heteroatoms. The number of likely N-dealkylation sites (N-methyl/N-ethyl adjacent to an activating group) is 1. The number of carbonyl (C=O) groups is 2. The van der Waals surface area contributed by atoms with Gasteiger partial charge in [0.15, 0.2) is 0 Å². The molecule has 0 aliphatic carbocycles. The van der Waals surface area contributed by atoms with Crippen molar-refractivity contribution in [2.75, 3.05) is 27.2 Å². The van der Waals surface area contributed by atoms with Gasteiger partial charge in [0, 0.05) is 25.7 Å². The van der Waals surface area contributed by atoms with Crippen molar-refractivity contribution in [1.29, 1.82) is 0 Å². The largest absolute Gasteiger partial charge is 0.508 e. The third kappa shape index (κ3) is 5.77. The van der Waals surface area contributed by atoms with Crippen LogP contribution in [0.15, 0.2) is 18.2 Å². The number of piperidine rings is 1. The zero-order chi connectivity index (χ0) is 20.2. The van der Waals surface area contributed by atoms with Crippen molar-refractivity contribution in [3.05, 3.63) is 23.8 Å². The van der Waals surface area contributed by atoms with Crippen molar-refractivity contribution in [2.24, 2.45) is 0 Å². The highest BCUT2D eigenvalue weighted by atomic mass is 16.6. The molecule has 1 N–H and O–H groups in total. The molecule has 2 amide bonds. The molecule has 2 rings (SSSR count). The number of aromatic hydroxyl groups is 1. The SMILES string of the molecule is COc1ccc(O)cc1CC(=O)N1CCC[C@H](N(C)C(=O)OC(C)(C)C)C1. The van der Waals surface area contributed by atoms with Crippen molar-refractivity contribution in [3.63, 3.8) is 0 Å². The Labute approximate surface area is 160 Å². The predicted octanol–water partition coefficient (Wildman–Crippen LogP) is 2.80. The minimum atomic E-state index is -0.554. The van der Waals surface area contributed by atoms with Gasteiger partial charge in [-0.15, -0.1) is 0 Å². The van der Waals surface area contributed by atoms with Gasteiger partial charge in [-0.3, -0.25) is 4.79 Å². The second-order valence-electron chi connectivity index (χ2n) is 7.90. The highest BCUT2D eigenvalue weighted by Gasteiger charge is 2.31. The van der Waals surface area contributed by atoms with Gasteiger partial charge in [0.2, 0.25) is 5.91 Å². The first-order valence-electron chi connectivity index (χ1n) is 9.20. The summed E-state index contributed by atoms with van der Waals surface area (Å²) < 4.78 is 10.7. The van der Waals surface area contributed by atoms with Crippen LogP contribution in [0.25, 0.3) is 0 Å². The Hall–Kier alpha value is -2.44. The summed E-state index contributed by atoms with van der Waals surface area (Å²) in [6.07, 6.45) is 1.41. The second-order valence-corrected chi connectivity index (χ2v) is 7.90. The zero-order valence-electron chi connectivity index (χ0n) is 16.8. The van der Waals surface area contributed by atoms with Crippen LogP contribution >= 0.6 is 0 Å². The molecule has 1 heterocycles. The molecule has 0 unspecified atom stereocenters. The van der Waals surface area contributed by atoms with Gasteiger partial charge in [-0.1, -0.05) is 0 Å². The summed E-state index contributed by atoms with van der Waals surface area (Å²) in [6, 6.07) is 4.64. The number of ether oxygens (including phenoxy) is 2. The van der Waals surface area contributed by atoms with E-state index in [4.69, 9.17) is 9.47 Å². The molecule has 1 aromatic carbocycles. The Morgan fingerprint density at radius 3 is 2.67 bits per heavy atom. The molecule has 27 heavy (non-hydrogen) atoms. The molecule has 0 bridgehead atoms. The molecule has 0 spiro atoms. The van der Waals surface area contributed by atoms with E-state index in [1.165, 1.54) is 13.2 Å². The molecule has 7 nitrogen and oxygen atoms in total. The lowest BCUT2D eigenvalue weighted by molar-refractivity contribution is -0.132. The lowest BCUT2D eigenvalue weighted by Gasteiger charge is -2.38. The van der Waals surface area contributed by atoms with E-state index in [1.807, 2.05) is 20.8 Å². The van der Waals surface area contributed by atoms with Crippen LogP contribution in [0.4, 0.5) is 4.79 Å². The highest BCUT2D eigenvalue weighted by Crippen LogP contribution is 2.25. The molecule has 1 fully saturated rings. The van der Waals surface area contributed by atoms with E-state index in [-0.39, 0.29) is 30.2 Å². The first-order valence-corrected chi connectivity index (χ1v) is 9.20. The van der Waals surface area contributed by atoms with Gasteiger partial charge in [0.1, 0.15) is 17.1 Å². The molecule has 0 radical (unpaired) electrons. The smallest absolute Gasteiger partial charge is 0.410 e. The number of hydrogen-bond acceptors (Lipinski definition) is 5. The number of hydrogen-bond donors (Lipinski definition) is 1. The Bertz CT molecular complexity index is 683. The maximum absolute atomic E-state index is 12.8. The molecule has 0 saturated carbocycles. The summed E-state index contributed by atoms with van der Waals surface area (Å²) in [7, 11) is 3.25. The number of phenols is 1. The van der Waals surface area contributed by atoms with Gasteiger partial charge in [-0.05, 0) is 51.8 Å². The number of likely N-dealkylation sites (tertiary alicyclic amines) is 1. The fourth-order valence-corrected chi connectivity index (χ4v) is 3.16. The van der Waals surface area contributed by atoms with Crippen LogP contribution in [0.2, 0.25) is 0 Å². The van der Waals surface area contributed by atoms with E-state index < -0.39 is 5.60 Å². The quantitative estimate of drug-likeness (QED) is 0.872. The first kappa shape index (κ1) is 20.9. The molecule has 1 aliphatic rings. The number of phenolic OH excluding ortho intramolecular Hbond substituents is 1. The Morgan fingerprint density at radius 2 is 2.04 bits per heavy atom.